The molecule has 1 atom stereocenters. The lowest BCUT2D eigenvalue weighted by atomic mass is 10.2. The number of sulfonamides is 1. The number of alkyl halides is 3. The average Bonchev–Trinajstić information content (AvgIpc) is 2.63. The topological polar surface area (TPSA) is 72.9 Å². The molecule has 28 heavy (non-hydrogen) atoms. The highest BCUT2D eigenvalue weighted by atomic mass is 32.2. The van der Waals surface area contributed by atoms with Crippen LogP contribution in [-0.2, 0) is 19.6 Å². The number of methoxy groups -OCH3 is 1. The van der Waals surface area contributed by atoms with E-state index >= 15 is 0 Å². The minimum absolute atomic E-state index is 0.0445. The number of rotatable bonds is 7. The minimum atomic E-state index is -4.87. The lowest BCUT2D eigenvalue weighted by molar-refractivity contribution is -0.274. The van der Waals surface area contributed by atoms with Crippen LogP contribution in [0.3, 0.4) is 0 Å². The van der Waals surface area contributed by atoms with Gasteiger partial charge in [0.25, 0.3) is 10.0 Å². The van der Waals surface area contributed by atoms with Crippen LogP contribution < -0.4 is 9.04 Å². The zero-order valence-electron chi connectivity index (χ0n) is 15.0. The lowest BCUT2D eigenvalue weighted by Crippen LogP contribution is -2.40. The molecule has 0 radical (unpaired) electrons. The van der Waals surface area contributed by atoms with Crippen LogP contribution in [0.1, 0.15) is 13.3 Å². The maximum atomic E-state index is 13.2. The molecule has 0 saturated carbocycles. The molecule has 0 aliphatic heterocycles. The monoisotopic (exact) mass is 417 g/mol. The highest BCUT2D eigenvalue weighted by Crippen LogP contribution is 2.33. The fraction of sp³-hybridized carbons (Fsp3) is 0.278. The number of carbonyl (C=O) groups excluding carboxylic acids is 1. The molecule has 0 aliphatic carbocycles. The van der Waals surface area contributed by atoms with Crippen LogP contribution in [0.4, 0.5) is 24.5 Å². The number of nitrogens with zero attached hydrogens (tertiary/aromatic N) is 1. The molecule has 0 fully saturated rings. The number of benzene rings is 2. The molecule has 0 aromatic heterocycles. The Kier molecular flexibility index (Phi) is 6.55. The van der Waals surface area contributed by atoms with Gasteiger partial charge >= 0.3 is 12.3 Å². The van der Waals surface area contributed by atoms with Gasteiger partial charge in [-0.1, -0.05) is 25.1 Å². The normalized spacial score (nSPS) is 12.9. The minimum Gasteiger partial charge on any atom is -0.468 e. The molecule has 0 N–H and O–H groups in total. The second-order valence-electron chi connectivity index (χ2n) is 5.61. The van der Waals surface area contributed by atoms with Crippen LogP contribution in [-0.4, -0.2) is 33.1 Å². The first-order valence-electron chi connectivity index (χ1n) is 8.13. The first-order chi connectivity index (χ1) is 13.1. The van der Waals surface area contributed by atoms with Gasteiger partial charge in [-0.05, 0) is 42.8 Å². The van der Waals surface area contributed by atoms with Gasteiger partial charge in [-0.25, -0.2) is 12.7 Å². The van der Waals surface area contributed by atoms with Crippen molar-refractivity contribution in [2.45, 2.75) is 25.0 Å². The summed E-state index contributed by atoms with van der Waals surface area (Å²) >= 11 is 0. The molecular weight excluding hydrogens is 399 g/mol. The number of hydrogen-bond acceptors (Lipinski definition) is 5. The summed E-state index contributed by atoms with van der Waals surface area (Å²) < 4.78 is 72.7. The zero-order valence-corrected chi connectivity index (χ0v) is 15.8. The second kappa shape index (κ2) is 8.51. The lowest BCUT2D eigenvalue weighted by Gasteiger charge is -2.28. The van der Waals surface area contributed by atoms with Gasteiger partial charge in [0.15, 0.2) is 5.25 Å². The van der Waals surface area contributed by atoms with Gasteiger partial charge in [0.1, 0.15) is 5.75 Å². The smallest absolute Gasteiger partial charge is 0.468 e. The predicted octanol–water partition coefficient (Wildman–Crippen LogP) is 4.00. The third-order valence-electron chi connectivity index (χ3n) is 3.74. The first kappa shape index (κ1) is 21.5. The Morgan fingerprint density at radius 1 is 1.04 bits per heavy atom. The SMILES string of the molecule is CCC(C(=O)OC)S(=O)(=O)N(c1ccccc1)c1ccc(OC(F)(F)F)cc1. The highest BCUT2D eigenvalue weighted by molar-refractivity contribution is 7.94. The van der Waals surface area contributed by atoms with Crippen molar-refractivity contribution in [1.29, 1.82) is 0 Å². The van der Waals surface area contributed by atoms with Crippen LogP contribution >= 0.6 is 0 Å². The fourth-order valence-corrected chi connectivity index (χ4v) is 4.39. The summed E-state index contributed by atoms with van der Waals surface area (Å²) in [6.07, 6.45) is -4.92. The van der Waals surface area contributed by atoms with Crippen molar-refractivity contribution in [2.24, 2.45) is 0 Å². The van der Waals surface area contributed by atoms with E-state index in [1.54, 1.807) is 18.2 Å². The molecule has 0 saturated heterocycles. The third-order valence-corrected chi connectivity index (χ3v) is 5.92. The van der Waals surface area contributed by atoms with Gasteiger partial charge in [-0.15, -0.1) is 13.2 Å². The van der Waals surface area contributed by atoms with Crippen molar-refractivity contribution < 1.29 is 35.9 Å². The summed E-state index contributed by atoms with van der Waals surface area (Å²) in [5, 5.41) is -1.48. The molecule has 2 aromatic rings. The van der Waals surface area contributed by atoms with Crippen LogP contribution in [0.5, 0.6) is 5.75 Å². The van der Waals surface area contributed by atoms with E-state index in [0.29, 0.717) is 0 Å². The number of ether oxygens (including phenoxy) is 2. The Morgan fingerprint density at radius 3 is 2.04 bits per heavy atom. The maximum absolute atomic E-state index is 13.2. The molecule has 0 bridgehead atoms. The number of halogens is 3. The molecule has 1 unspecified atom stereocenters. The van der Waals surface area contributed by atoms with Crippen molar-refractivity contribution in [3.63, 3.8) is 0 Å². The quantitative estimate of drug-likeness (QED) is 0.637. The summed E-state index contributed by atoms with van der Waals surface area (Å²) in [4.78, 5) is 12.0. The van der Waals surface area contributed by atoms with Gasteiger partial charge in [0.05, 0.1) is 18.5 Å². The Hall–Kier alpha value is -2.75. The Balaban J connectivity index is 2.54. The van der Waals surface area contributed by atoms with Crippen molar-refractivity contribution in [1.82, 2.24) is 0 Å². The third kappa shape index (κ3) is 4.94. The molecule has 2 aromatic carbocycles. The van der Waals surface area contributed by atoms with Crippen molar-refractivity contribution in [3.05, 3.63) is 54.6 Å². The highest BCUT2D eigenvalue weighted by Gasteiger charge is 2.38. The van der Waals surface area contributed by atoms with E-state index < -0.39 is 33.4 Å². The summed E-state index contributed by atoms with van der Waals surface area (Å²) in [6, 6.07) is 12.2. The number of anilines is 2. The van der Waals surface area contributed by atoms with E-state index in [-0.39, 0.29) is 17.8 Å². The number of carbonyl (C=O) groups is 1. The summed E-state index contributed by atoms with van der Waals surface area (Å²) in [6.45, 7) is 1.52. The number of esters is 1. The fourth-order valence-electron chi connectivity index (χ4n) is 2.55. The zero-order chi connectivity index (χ0) is 20.9. The van der Waals surface area contributed by atoms with Gasteiger partial charge in [0.2, 0.25) is 0 Å². The molecule has 2 rings (SSSR count). The number of hydrogen-bond donors (Lipinski definition) is 0. The van der Waals surface area contributed by atoms with E-state index in [1.807, 2.05) is 0 Å². The van der Waals surface area contributed by atoms with E-state index in [4.69, 9.17) is 0 Å². The second-order valence-corrected chi connectivity index (χ2v) is 7.57. The van der Waals surface area contributed by atoms with E-state index in [2.05, 4.69) is 9.47 Å². The largest absolute Gasteiger partial charge is 0.573 e. The van der Waals surface area contributed by atoms with Crippen LogP contribution in [0.15, 0.2) is 54.6 Å². The first-order valence-corrected chi connectivity index (χ1v) is 9.63. The molecular formula is C18H18F3NO5S. The Bertz CT molecular complexity index is 899. The summed E-state index contributed by atoms with van der Waals surface area (Å²) in [7, 11) is -3.20. The van der Waals surface area contributed by atoms with Crippen molar-refractivity contribution in [2.75, 3.05) is 11.4 Å². The van der Waals surface area contributed by atoms with Gasteiger partial charge in [-0.3, -0.25) is 4.79 Å². The van der Waals surface area contributed by atoms with Crippen molar-refractivity contribution in [3.8, 4) is 5.75 Å². The Morgan fingerprint density at radius 2 is 1.57 bits per heavy atom. The van der Waals surface area contributed by atoms with E-state index in [1.165, 1.54) is 19.1 Å². The van der Waals surface area contributed by atoms with E-state index in [0.717, 1.165) is 35.7 Å². The van der Waals surface area contributed by atoms with Crippen LogP contribution in [0.25, 0.3) is 0 Å². The molecule has 0 heterocycles. The van der Waals surface area contributed by atoms with Gasteiger partial charge in [0, 0.05) is 0 Å². The molecule has 0 amide bonds. The Labute approximate surface area is 160 Å². The standard InChI is InChI=1S/C18H18F3NO5S/c1-3-16(17(23)26-2)28(24,25)22(13-7-5-4-6-8-13)14-9-11-15(12-10-14)27-18(19,20)21/h4-12,16H,3H2,1-2H3. The molecule has 0 spiro atoms. The number of para-hydroxylation sites is 1. The molecule has 10 heteroatoms. The van der Waals surface area contributed by atoms with Crippen LogP contribution in [0.2, 0.25) is 0 Å². The summed E-state index contributed by atoms with van der Waals surface area (Å²) in [5.74, 6) is -1.43. The summed E-state index contributed by atoms with van der Waals surface area (Å²) in [5.41, 5.74) is 0.262. The van der Waals surface area contributed by atoms with E-state index in [9.17, 15) is 26.4 Å². The maximum Gasteiger partial charge on any atom is 0.573 e. The van der Waals surface area contributed by atoms with Gasteiger partial charge in [-0.2, -0.15) is 0 Å². The van der Waals surface area contributed by atoms with Crippen LogP contribution in [0, 0.1) is 0 Å². The predicted molar refractivity (Wildman–Crippen MR) is 96.7 cm³/mol. The van der Waals surface area contributed by atoms with Gasteiger partial charge < -0.3 is 9.47 Å². The van der Waals surface area contributed by atoms with Crippen molar-refractivity contribution >= 4 is 27.4 Å². The molecule has 6 nitrogen and oxygen atoms in total. The molecule has 152 valence electrons. The molecule has 0 aliphatic rings. The average molecular weight is 417 g/mol.